The lowest BCUT2D eigenvalue weighted by Gasteiger charge is -2.19. The molecule has 14 heteroatoms. The minimum Gasteiger partial charge on any atom is -0.508 e. The van der Waals surface area contributed by atoms with E-state index in [0.29, 0.717) is 30.8 Å². The van der Waals surface area contributed by atoms with Crippen molar-refractivity contribution in [3.8, 4) is 11.5 Å². The van der Waals surface area contributed by atoms with Gasteiger partial charge in [0.1, 0.15) is 17.1 Å². The fraction of sp³-hybridized carbons (Fsp3) is 0.392. The van der Waals surface area contributed by atoms with E-state index in [1.54, 1.807) is 36.4 Å². The number of phenolic OH excluding ortho intramolecular Hbond substituents is 2. The van der Waals surface area contributed by atoms with E-state index in [1.807, 2.05) is 51.1 Å². The standard InChI is InChI=1S/C28H36N4O4.C23H28N4O2/c1-28(2,3)36-27(35)30-15-9-5-4-8-14-29-17-23-24(20-10-6-7-11-22(20)31-23)25-21-16-18(33)12-13-19(21)26(34)32-25;24-11-5-1-2-6-12-25-14-20-21(17-7-3-4-8-19(17)26-20)22-18-13-15(28)9-10-16(18)23(29)27-22/h6-7,10-13,16,25,29,31,33H,4-5,8-9,14-15,17H2,1-3H3,(H,30,35)(H,32,34);3-4,7-10,13,22,25-26,28H,1-2,5-6,11-12,14,24H2,(H,27,29). The number of para-hydroxylation sites is 2. The molecular formula is C51H64N8O6. The van der Waals surface area contributed by atoms with Crippen LogP contribution in [0.5, 0.6) is 11.5 Å². The monoisotopic (exact) mass is 884 g/mol. The summed E-state index contributed by atoms with van der Waals surface area (Å²) in [4.78, 5) is 43.8. The molecule has 8 rings (SSSR count). The second kappa shape index (κ2) is 21.6. The van der Waals surface area contributed by atoms with Crippen LogP contribution >= 0.6 is 0 Å². The van der Waals surface area contributed by atoms with Crippen molar-refractivity contribution in [2.75, 3.05) is 26.2 Å². The number of carbonyl (C=O) groups excluding carboxylic acids is 3. The lowest BCUT2D eigenvalue weighted by atomic mass is 9.95. The van der Waals surface area contributed by atoms with Crippen molar-refractivity contribution in [2.24, 2.45) is 5.73 Å². The molecule has 0 aliphatic carbocycles. The van der Waals surface area contributed by atoms with Crippen molar-refractivity contribution in [3.05, 3.63) is 130 Å². The molecule has 11 N–H and O–H groups in total. The van der Waals surface area contributed by atoms with Gasteiger partial charge >= 0.3 is 6.09 Å². The number of ether oxygens (including phenoxy) is 1. The van der Waals surface area contributed by atoms with Gasteiger partial charge in [-0.3, -0.25) is 9.59 Å². The Morgan fingerprint density at radius 1 is 0.631 bits per heavy atom. The number of unbranched alkanes of at least 4 members (excludes halogenated alkanes) is 6. The average molecular weight is 885 g/mol. The molecule has 65 heavy (non-hydrogen) atoms. The molecule has 0 fully saturated rings. The number of carbonyl (C=O) groups is 3. The first-order valence-electron chi connectivity index (χ1n) is 23.0. The summed E-state index contributed by atoms with van der Waals surface area (Å²) in [6.45, 7) is 10.1. The predicted octanol–water partition coefficient (Wildman–Crippen LogP) is 8.20. The van der Waals surface area contributed by atoms with E-state index in [0.717, 1.165) is 114 Å². The van der Waals surface area contributed by atoms with Crippen LogP contribution < -0.4 is 32.3 Å². The van der Waals surface area contributed by atoms with E-state index in [1.165, 1.54) is 12.8 Å². The fourth-order valence-corrected chi connectivity index (χ4v) is 8.81. The SMILES string of the molecule is CC(C)(C)OC(=O)NCCCCCCNCc1[nH]c2ccccc2c1C1NC(=O)c2ccc(O)cc21.NCCCCCCNCc1[nH]c2ccccc2c1C1NC(=O)c2ccc(O)cc21. The van der Waals surface area contributed by atoms with Gasteiger partial charge in [0.15, 0.2) is 0 Å². The Hall–Kier alpha value is -6.35. The minimum absolute atomic E-state index is 0.103. The normalized spacial score (nSPS) is 15.3. The summed E-state index contributed by atoms with van der Waals surface area (Å²) < 4.78 is 5.24. The summed E-state index contributed by atoms with van der Waals surface area (Å²) in [6.07, 6.45) is 8.22. The first-order chi connectivity index (χ1) is 31.4. The molecule has 344 valence electrons. The number of aromatic hydroxyl groups is 2. The molecule has 2 aliphatic heterocycles. The first kappa shape index (κ1) is 46.6. The van der Waals surface area contributed by atoms with Gasteiger partial charge in [0.25, 0.3) is 11.8 Å². The van der Waals surface area contributed by atoms with Crippen LogP contribution in [0.2, 0.25) is 0 Å². The number of rotatable bonds is 19. The Labute approximate surface area is 380 Å². The third kappa shape index (κ3) is 11.7. The van der Waals surface area contributed by atoms with Crippen molar-refractivity contribution in [2.45, 2.75) is 103 Å². The average Bonchev–Trinajstić information content (AvgIpc) is 4.01. The number of H-pyrrole nitrogens is 2. The molecular weight excluding hydrogens is 821 g/mol. The lowest BCUT2D eigenvalue weighted by molar-refractivity contribution is 0.0526. The van der Waals surface area contributed by atoms with E-state index in [4.69, 9.17) is 10.5 Å². The van der Waals surface area contributed by atoms with Crippen LogP contribution in [-0.2, 0) is 17.8 Å². The van der Waals surface area contributed by atoms with E-state index in [2.05, 4.69) is 54.8 Å². The number of nitrogens with two attached hydrogens (primary N) is 1. The Balaban J connectivity index is 0.000000198. The number of amides is 3. The number of hydrogen-bond acceptors (Lipinski definition) is 9. The number of aromatic nitrogens is 2. The largest absolute Gasteiger partial charge is 0.508 e. The van der Waals surface area contributed by atoms with Crippen LogP contribution in [0.1, 0.15) is 139 Å². The Kier molecular flexibility index (Phi) is 15.5. The topological polar surface area (TPSA) is 219 Å². The van der Waals surface area contributed by atoms with Crippen LogP contribution in [0.25, 0.3) is 21.8 Å². The molecule has 2 unspecified atom stereocenters. The summed E-state index contributed by atoms with van der Waals surface area (Å²) in [5.41, 5.74) is 14.2. The zero-order valence-electron chi connectivity index (χ0n) is 37.7. The number of fused-ring (bicyclic) bond motifs is 4. The molecule has 0 saturated heterocycles. The maximum atomic E-state index is 12.6. The Morgan fingerprint density at radius 3 is 1.54 bits per heavy atom. The molecule has 0 radical (unpaired) electrons. The van der Waals surface area contributed by atoms with Gasteiger partial charge in [-0.2, -0.15) is 0 Å². The zero-order chi connectivity index (χ0) is 45.9. The Morgan fingerprint density at radius 2 is 1.08 bits per heavy atom. The van der Waals surface area contributed by atoms with Crippen LogP contribution in [0.15, 0.2) is 84.9 Å². The number of benzene rings is 4. The van der Waals surface area contributed by atoms with Gasteiger partial charge in [-0.05, 0) is 126 Å². The summed E-state index contributed by atoms with van der Waals surface area (Å²) in [7, 11) is 0. The van der Waals surface area contributed by atoms with Gasteiger partial charge < -0.3 is 57.2 Å². The highest BCUT2D eigenvalue weighted by molar-refractivity contribution is 6.02. The zero-order valence-corrected chi connectivity index (χ0v) is 37.7. The first-order valence-corrected chi connectivity index (χ1v) is 23.0. The van der Waals surface area contributed by atoms with Crippen molar-refractivity contribution < 1.29 is 29.3 Å². The van der Waals surface area contributed by atoms with Crippen LogP contribution in [0.4, 0.5) is 4.79 Å². The molecule has 2 aromatic heterocycles. The fourth-order valence-electron chi connectivity index (χ4n) is 8.81. The number of nitrogens with one attached hydrogen (secondary N) is 7. The van der Waals surface area contributed by atoms with Crippen molar-refractivity contribution in [1.29, 1.82) is 0 Å². The lowest BCUT2D eigenvalue weighted by Crippen LogP contribution is -2.33. The highest BCUT2D eigenvalue weighted by Gasteiger charge is 2.35. The summed E-state index contributed by atoms with van der Waals surface area (Å²) in [5.74, 6) is 0.0905. The maximum Gasteiger partial charge on any atom is 0.407 e. The predicted molar refractivity (Wildman–Crippen MR) is 255 cm³/mol. The number of phenols is 2. The van der Waals surface area contributed by atoms with E-state index >= 15 is 0 Å². The van der Waals surface area contributed by atoms with Gasteiger partial charge in [0.05, 0.1) is 12.1 Å². The van der Waals surface area contributed by atoms with Crippen LogP contribution in [0, 0.1) is 0 Å². The molecule has 4 aromatic carbocycles. The van der Waals surface area contributed by atoms with Gasteiger partial charge in [-0.15, -0.1) is 0 Å². The number of aromatic amines is 2. The van der Waals surface area contributed by atoms with E-state index < -0.39 is 5.60 Å². The quantitative estimate of drug-likeness (QED) is 0.0354. The molecule has 0 bridgehead atoms. The van der Waals surface area contributed by atoms with Crippen molar-refractivity contribution >= 4 is 39.7 Å². The summed E-state index contributed by atoms with van der Waals surface area (Å²) >= 11 is 0. The second-order valence-corrected chi connectivity index (χ2v) is 17.9. The van der Waals surface area contributed by atoms with E-state index in [-0.39, 0.29) is 41.5 Å². The summed E-state index contributed by atoms with van der Waals surface area (Å²) in [5, 5.41) is 38.2. The molecule has 0 spiro atoms. The Bertz CT molecular complexity index is 2590. The molecule has 2 aliphatic rings. The molecule has 2 atom stereocenters. The van der Waals surface area contributed by atoms with Crippen LogP contribution in [0.3, 0.4) is 0 Å². The number of alkyl carbamates (subject to hydrolysis) is 1. The van der Waals surface area contributed by atoms with Gasteiger partial charge in [0.2, 0.25) is 0 Å². The van der Waals surface area contributed by atoms with Crippen LogP contribution in [-0.4, -0.2) is 69.9 Å². The molecule has 0 saturated carbocycles. The molecule has 3 amide bonds. The molecule has 14 nitrogen and oxygen atoms in total. The highest BCUT2D eigenvalue weighted by atomic mass is 16.6. The van der Waals surface area contributed by atoms with Gasteiger partial charge in [0, 0.05) is 75.1 Å². The van der Waals surface area contributed by atoms with E-state index in [9.17, 15) is 24.6 Å². The smallest absolute Gasteiger partial charge is 0.407 e. The van der Waals surface area contributed by atoms with Gasteiger partial charge in [-0.25, -0.2) is 4.79 Å². The maximum absolute atomic E-state index is 12.6. The number of hydrogen-bond donors (Lipinski definition) is 10. The van der Waals surface area contributed by atoms with Gasteiger partial charge in [-0.1, -0.05) is 62.1 Å². The van der Waals surface area contributed by atoms with Crippen molar-refractivity contribution in [3.63, 3.8) is 0 Å². The highest BCUT2D eigenvalue weighted by Crippen LogP contribution is 2.40. The van der Waals surface area contributed by atoms with Crippen molar-refractivity contribution in [1.82, 2.24) is 36.6 Å². The summed E-state index contributed by atoms with van der Waals surface area (Å²) in [6, 6.07) is 25.5. The third-order valence-corrected chi connectivity index (χ3v) is 11.8. The minimum atomic E-state index is -0.477. The second-order valence-electron chi connectivity index (χ2n) is 17.9. The molecule has 6 aromatic rings. The third-order valence-electron chi connectivity index (χ3n) is 11.8. The molecule has 4 heterocycles.